The van der Waals surface area contributed by atoms with Crippen LogP contribution in [0.1, 0.15) is 48.0 Å². The molecule has 1 unspecified atom stereocenters. The minimum absolute atomic E-state index is 0.108. The predicted molar refractivity (Wildman–Crippen MR) is 155 cm³/mol. The first-order valence-electron chi connectivity index (χ1n) is 13.7. The molecular weight excluding hydrogens is 528 g/mol. The van der Waals surface area contributed by atoms with Gasteiger partial charge in [-0.2, -0.15) is 4.98 Å². The first-order chi connectivity index (χ1) is 19.0. The number of hydrogen-bond acceptors (Lipinski definition) is 7. The summed E-state index contributed by atoms with van der Waals surface area (Å²) in [5.41, 5.74) is 2.66. The van der Waals surface area contributed by atoms with Crippen LogP contribution in [-0.4, -0.2) is 62.1 Å². The number of nitrogens with zero attached hydrogens (tertiary/aromatic N) is 6. The van der Waals surface area contributed by atoms with E-state index in [1.54, 1.807) is 11.9 Å². The number of aromatic nitrogens is 4. The molecule has 1 aliphatic carbocycles. The van der Waals surface area contributed by atoms with Crippen LogP contribution in [0.5, 0.6) is 0 Å². The fourth-order valence-electron chi connectivity index (χ4n) is 6.04. The molecule has 2 aromatic heterocycles. The van der Waals surface area contributed by atoms with Gasteiger partial charge in [0, 0.05) is 49.1 Å². The Morgan fingerprint density at radius 3 is 2.69 bits per heavy atom. The Kier molecular flexibility index (Phi) is 7.80. The molecule has 0 bridgehead atoms. The van der Waals surface area contributed by atoms with Crippen molar-refractivity contribution in [2.75, 3.05) is 33.2 Å². The van der Waals surface area contributed by atoms with Gasteiger partial charge in [-0.3, -0.25) is 0 Å². The molecule has 39 heavy (non-hydrogen) atoms. The van der Waals surface area contributed by atoms with Gasteiger partial charge in [0.15, 0.2) is 5.82 Å². The summed E-state index contributed by atoms with van der Waals surface area (Å²) in [6.07, 6.45) is 7.91. The van der Waals surface area contributed by atoms with Gasteiger partial charge in [-0.25, -0.2) is 9.29 Å². The Balaban J connectivity index is 1.06. The summed E-state index contributed by atoms with van der Waals surface area (Å²) in [7, 11) is 4.18. The quantitative estimate of drug-likeness (QED) is 0.226. The molecule has 4 aromatic rings. The lowest BCUT2D eigenvalue weighted by Gasteiger charge is -2.32. The van der Waals surface area contributed by atoms with E-state index < -0.39 is 0 Å². The average Bonchev–Trinajstić information content (AvgIpc) is 3.21. The molecule has 7 nitrogen and oxygen atoms in total. The van der Waals surface area contributed by atoms with E-state index in [-0.39, 0.29) is 5.41 Å². The van der Waals surface area contributed by atoms with E-state index in [0.29, 0.717) is 18.3 Å². The molecule has 2 aromatic carbocycles. The Labute approximate surface area is 239 Å². The maximum atomic E-state index is 6.45. The van der Waals surface area contributed by atoms with Crippen molar-refractivity contribution in [2.24, 2.45) is 13.0 Å². The Morgan fingerprint density at radius 2 is 1.95 bits per heavy atom. The summed E-state index contributed by atoms with van der Waals surface area (Å²) >= 11 is 8.16. The van der Waals surface area contributed by atoms with Crippen LogP contribution >= 0.6 is 23.5 Å². The van der Waals surface area contributed by atoms with Gasteiger partial charge in [0.25, 0.3) is 0 Å². The summed E-state index contributed by atoms with van der Waals surface area (Å²) in [5.74, 6) is 2.51. The number of piperidine rings is 1. The fourth-order valence-corrected chi connectivity index (χ4v) is 7.15. The van der Waals surface area contributed by atoms with Crippen LogP contribution in [-0.2, 0) is 18.9 Å². The van der Waals surface area contributed by atoms with E-state index in [0.717, 1.165) is 60.8 Å². The van der Waals surface area contributed by atoms with E-state index in [9.17, 15) is 0 Å². The molecule has 2 fully saturated rings. The van der Waals surface area contributed by atoms with Crippen molar-refractivity contribution >= 4 is 23.5 Å². The molecule has 204 valence electrons. The summed E-state index contributed by atoms with van der Waals surface area (Å²) in [6.45, 7) is 4.18. The standard InChI is InChI=1S/C30H35ClN6OS/c1-35-19-28(32-21-35)39-36(2)20-30(24-9-6-10-26(31)16-24)17-25(30)18-37-13-11-23(12-14-37)29-33-27(34-38-29)15-22-7-4-3-5-8-22/h3-10,16,19,21,23,25H,11-15,17-18,20H2,1-2H3/t25?,30-/m1/s1. The number of likely N-dealkylation sites (tertiary alicyclic amines) is 1. The predicted octanol–water partition coefficient (Wildman–Crippen LogP) is 5.82. The SMILES string of the molecule is CN(C[C@@]1(c2cccc(Cl)c2)CC1CN1CCC(c2nc(Cc3ccccc3)no2)CC1)Sc1cn(C)cn1. The van der Waals surface area contributed by atoms with Crippen molar-refractivity contribution in [3.8, 4) is 0 Å². The number of halogens is 1. The third kappa shape index (κ3) is 6.24. The Hall–Kier alpha value is -2.65. The van der Waals surface area contributed by atoms with E-state index in [1.165, 1.54) is 17.5 Å². The molecule has 2 atom stereocenters. The number of likely N-dealkylation sites (N-methyl/N-ethyl adjacent to an activating group) is 1. The normalized spacial score (nSPS) is 22.0. The highest BCUT2D eigenvalue weighted by Gasteiger charge is 2.56. The van der Waals surface area contributed by atoms with E-state index in [4.69, 9.17) is 21.1 Å². The largest absolute Gasteiger partial charge is 0.339 e. The van der Waals surface area contributed by atoms with Crippen molar-refractivity contribution in [3.05, 3.63) is 95.0 Å². The van der Waals surface area contributed by atoms with Gasteiger partial charge in [0.2, 0.25) is 5.89 Å². The molecule has 6 rings (SSSR count). The second-order valence-corrected chi connectivity index (χ2v) is 12.8. The number of imidazole rings is 1. The molecule has 3 heterocycles. The van der Waals surface area contributed by atoms with Gasteiger partial charge < -0.3 is 14.0 Å². The first kappa shape index (κ1) is 26.6. The smallest absolute Gasteiger partial charge is 0.229 e. The van der Waals surface area contributed by atoms with Gasteiger partial charge in [0.05, 0.1) is 6.33 Å². The van der Waals surface area contributed by atoms with Gasteiger partial charge in [-0.1, -0.05) is 59.2 Å². The van der Waals surface area contributed by atoms with Gasteiger partial charge in [-0.05, 0) is 80.5 Å². The zero-order valence-electron chi connectivity index (χ0n) is 22.5. The Morgan fingerprint density at radius 1 is 1.13 bits per heavy atom. The number of benzene rings is 2. The second-order valence-electron chi connectivity index (χ2n) is 11.1. The maximum Gasteiger partial charge on any atom is 0.229 e. The number of hydrogen-bond donors (Lipinski definition) is 0. The summed E-state index contributed by atoms with van der Waals surface area (Å²) < 4.78 is 10.0. The first-order valence-corrected chi connectivity index (χ1v) is 14.8. The van der Waals surface area contributed by atoms with Crippen LogP contribution in [0, 0.1) is 5.92 Å². The lowest BCUT2D eigenvalue weighted by atomic mass is 9.92. The van der Waals surface area contributed by atoms with Crippen molar-refractivity contribution in [1.29, 1.82) is 0 Å². The number of aryl methyl sites for hydroxylation is 1. The number of rotatable bonds is 10. The monoisotopic (exact) mass is 562 g/mol. The zero-order valence-corrected chi connectivity index (χ0v) is 24.1. The van der Waals surface area contributed by atoms with Crippen molar-refractivity contribution in [2.45, 2.75) is 42.0 Å². The summed E-state index contributed by atoms with van der Waals surface area (Å²) in [4.78, 5) is 11.9. The maximum absolute atomic E-state index is 6.45. The van der Waals surface area contributed by atoms with E-state index >= 15 is 0 Å². The molecule has 9 heteroatoms. The van der Waals surface area contributed by atoms with Crippen LogP contribution in [0.2, 0.25) is 5.02 Å². The molecule has 1 aliphatic heterocycles. The molecular formula is C30H35ClN6OS. The minimum Gasteiger partial charge on any atom is -0.339 e. The fraction of sp³-hybridized carbons (Fsp3) is 0.433. The minimum atomic E-state index is 0.108. The lowest BCUT2D eigenvalue weighted by Crippen LogP contribution is -2.37. The van der Waals surface area contributed by atoms with Crippen molar-refractivity contribution in [3.63, 3.8) is 0 Å². The summed E-state index contributed by atoms with van der Waals surface area (Å²) in [6, 6.07) is 18.8. The van der Waals surface area contributed by atoms with E-state index in [1.807, 2.05) is 42.2 Å². The second kappa shape index (κ2) is 11.5. The topological polar surface area (TPSA) is 63.2 Å². The van der Waals surface area contributed by atoms with Gasteiger partial charge in [-0.15, -0.1) is 0 Å². The lowest BCUT2D eigenvalue weighted by molar-refractivity contribution is 0.183. The van der Waals surface area contributed by atoms with Crippen LogP contribution < -0.4 is 0 Å². The van der Waals surface area contributed by atoms with Crippen LogP contribution in [0.25, 0.3) is 0 Å². The Bertz CT molecular complexity index is 1380. The average molecular weight is 563 g/mol. The van der Waals surface area contributed by atoms with Crippen LogP contribution in [0.3, 0.4) is 0 Å². The molecule has 2 aliphatic rings. The highest BCUT2D eigenvalue weighted by Crippen LogP contribution is 2.56. The molecule has 1 saturated heterocycles. The molecule has 0 radical (unpaired) electrons. The zero-order chi connectivity index (χ0) is 26.8. The third-order valence-electron chi connectivity index (χ3n) is 8.17. The molecule has 0 N–H and O–H groups in total. The molecule has 0 spiro atoms. The van der Waals surface area contributed by atoms with Gasteiger partial charge in [0.1, 0.15) is 5.03 Å². The van der Waals surface area contributed by atoms with Crippen LogP contribution in [0.15, 0.2) is 76.7 Å². The molecule has 1 saturated carbocycles. The molecule has 0 amide bonds. The van der Waals surface area contributed by atoms with Crippen molar-refractivity contribution < 1.29 is 4.52 Å². The van der Waals surface area contributed by atoms with Crippen LogP contribution in [0.4, 0.5) is 0 Å². The van der Waals surface area contributed by atoms with Crippen molar-refractivity contribution in [1.82, 2.24) is 28.9 Å². The van der Waals surface area contributed by atoms with E-state index in [2.05, 4.69) is 62.9 Å². The highest BCUT2D eigenvalue weighted by atomic mass is 35.5. The highest BCUT2D eigenvalue weighted by molar-refractivity contribution is 7.96. The third-order valence-corrected chi connectivity index (χ3v) is 9.24. The summed E-state index contributed by atoms with van der Waals surface area (Å²) in [5, 5.41) is 6.09. The van der Waals surface area contributed by atoms with Gasteiger partial charge >= 0.3 is 0 Å².